The van der Waals surface area contributed by atoms with Crippen LogP contribution in [0.2, 0.25) is 0 Å². The summed E-state index contributed by atoms with van der Waals surface area (Å²) in [5.74, 6) is 1.36. The maximum Gasteiger partial charge on any atom is 0.229 e. The number of benzene rings is 2. The van der Waals surface area contributed by atoms with Crippen molar-refractivity contribution in [2.45, 2.75) is 19.3 Å². The Bertz CT molecular complexity index is 952. The fourth-order valence-corrected chi connectivity index (χ4v) is 4.84. The molecule has 2 aromatic rings. The molecule has 2 aliphatic heterocycles. The van der Waals surface area contributed by atoms with E-state index in [1.165, 1.54) is 0 Å². The summed E-state index contributed by atoms with van der Waals surface area (Å²) in [6.45, 7) is 2.97. The fraction of sp³-hybridized carbons (Fsp3) is 0.273. The summed E-state index contributed by atoms with van der Waals surface area (Å²) in [6.07, 6.45) is 0.317. The Labute approximate surface area is 169 Å². The first-order chi connectivity index (χ1) is 13.7. The molecule has 6 heteroatoms. The van der Waals surface area contributed by atoms with Crippen LogP contribution in [0.15, 0.2) is 65.2 Å². The molecule has 2 heterocycles. The standard InChI is InChI=1S/C22H21N3O2S/c1-2-27-20-11-7-6-10-19(20)24-14-25-21(26)12-17(16-8-4-3-5-9-16)18(13-23)22(25)28-15-24/h3-11,17H,2,12,14-15H2,1H3/t17-/m1/s1. The minimum Gasteiger partial charge on any atom is -0.492 e. The largest absolute Gasteiger partial charge is 0.492 e. The highest BCUT2D eigenvalue weighted by atomic mass is 32.2. The lowest BCUT2D eigenvalue weighted by Crippen LogP contribution is -2.47. The second kappa shape index (κ2) is 7.99. The number of fused-ring (bicyclic) bond motifs is 1. The Kier molecular flexibility index (Phi) is 5.27. The Hall–Kier alpha value is -2.91. The smallest absolute Gasteiger partial charge is 0.229 e. The first-order valence-corrected chi connectivity index (χ1v) is 10.3. The van der Waals surface area contributed by atoms with Crippen molar-refractivity contribution in [2.24, 2.45) is 0 Å². The number of ether oxygens (including phenoxy) is 1. The van der Waals surface area contributed by atoms with Crippen LogP contribution >= 0.6 is 11.8 Å². The van der Waals surface area contributed by atoms with Gasteiger partial charge in [-0.2, -0.15) is 5.26 Å². The fourth-order valence-electron chi connectivity index (χ4n) is 3.68. The van der Waals surface area contributed by atoms with E-state index in [1.54, 1.807) is 16.7 Å². The van der Waals surface area contributed by atoms with Crippen LogP contribution in [-0.2, 0) is 4.79 Å². The monoisotopic (exact) mass is 391 g/mol. The van der Waals surface area contributed by atoms with E-state index in [0.29, 0.717) is 31.1 Å². The number of amides is 1. The average Bonchev–Trinajstić information content (AvgIpc) is 2.75. The number of carbonyl (C=O) groups is 1. The van der Waals surface area contributed by atoms with Crippen LogP contribution in [0.25, 0.3) is 0 Å². The molecule has 0 aliphatic carbocycles. The summed E-state index contributed by atoms with van der Waals surface area (Å²) in [4.78, 5) is 16.8. The molecule has 1 saturated heterocycles. The van der Waals surface area contributed by atoms with Crippen molar-refractivity contribution in [1.29, 1.82) is 5.26 Å². The topological polar surface area (TPSA) is 56.6 Å². The van der Waals surface area contributed by atoms with E-state index < -0.39 is 0 Å². The Morgan fingerprint density at radius 1 is 1.18 bits per heavy atom. The van der Waals surface area contributed by atoms with Gasteiger partial charge in [0, 0.05) is 12.3 Å². The number of para-hydroxylation sites is 2. The zero-order chi connectivity index (χ0) is 19.5. The van der Waals surface area contributed by atoms with E-state index in [-0.39, 0.29) is 11.8 Å². The Morgan fingerprint density at radius 3 is 2.68 bits per heavy atom. The van der Waals surface area contributed by atoms with Gasteiger partial charge >= 0.3 is 0 Å². The predicted molar refractivity (Wildman–Crippen MR) is 111 cm³/mol. The van der Waals surface area contributed by atoms with Crippen molar-refractivity contribution in [3.05, 3.63) is 70.8 Å². The van der Waals surface area contributed by atoms with E-state index in [1.807, 2.05) is 61.5 Å². The molecule has 4 rings (SSSR count). The molecule has 0 radical (unpaired) electrons. The van der Waals surface area contributed by atoms with E-state index >= 15 is 0 Å². The molecule has 0 aromatic heterocycles. The minimum atomic E-state index is -0.167. The SMILES string of the molecule is CCOc1ccccc1N1CSC2=C(C#N)[C@@H](c3ccccc3)CC(=O)N2C1. The summed E-state index contributed by atoms with van der Waals surface area (Å²) in [5, 5.41) is 10.6. The molecule has 1 amide bonds. The van der Waals surface area contributed by atoms with Gasteiger partial charge in [0.1, 0.15) is 5.75 Å². The number of anilines is 1. The molecule has 2 aliphatic rings. The van der Waals surface area contributed by atoms with Crippen LogP contribution < -0.4 is 9.64 Å². The van der Waals surface area contributed by atoms with Gasteiger partial charge in [-0.25, -0.2) is 0 Å². The van der Waals surface area contributed by atoms with Gasteiger partial charge in [0.25, 0.3) is 0 Å². The first kappa shape index (κ1) is 18.5. The van der Waals surface area contributed by atoms with Crippen LogP contribution in [0.5, 0.6) is 5.75 Å². The zero-order valence-corrected chi connectivity index (χ0v) is 16.5. The molecule has 1 atom stereocenters. The first-order valence-electron chi connectivity index (χ1n) is 9.32. The van der Waals surface area contributed by atoms with Crippen molar-refractivity contribution in [1.82, 2.24) is 4.90 Å². The lowest BCUT2D eigenvalue weighted by atomic mass is 9.86. The Morgan fingerprint density at radius 2 is 1.93 bits per heavy atom. The second-order valence-electron chi connectivity index (χ2n) is 6.68. The highest BCUT2D eigenvalue weighted by Crippen LogP contribution is 2.44. The lowest BCUT2D eigenvalue weighted by Gasteiger charge is -2.42. The second-order valence-corrected chi connectivity index (χ2v) is 7.61. The van der Waals surface area contributed by atoms with Crippen molar-refractivity contribution in [3.8, 4) is 11.8 Å². The molecular formula is C22H21N3O2S. The maximum absolute atomic E-state index is 13.0. The number of carbonyl (C=O) groups excluding carboxylic acids is 1. The van der Waals surface area contributed by atoms with E-state index in [9.17, 15) is 10.1 Å². The lowest BCUT2D eigenvalue weighted by molar-refractivity contribution is -0.129. The molecule has 1 fully saturated rings. The quantitative estimate of drug-likeness (QED) is 0.778. The summed E-state index contributed by atoms with van der Waals surface area (Å²) in [6, 6.07) is 20.1. The van der Waals surface area contributed by atoms with Gasteiger partial charge < -0.3 is 9.64 Å². The van der Waals surface area contributed by atoms with Crippen LogP contribution in [0.4, 0.5) is 5.69 Å². The zero-order valence-electron chi connectivity index (χ0n) is 15.7. The predicted octanol–water partition coefficient (Wildman–Crippen LogP) is 4.30. The van der Waals surface area contributed by atoms with Crippen molar-refractivity contribution in [2.75, 3.05) is 24.1 Å². The van der Waals surface area contributed by atoms with Gasteiger partial charge in [-0.05, 0) is 24.6 Å². The molecule has 0 unspecified atom stereocenters. The average molecular weight is 391 g/mol. The van der Waals surface area contributed by atoms with Gasteiger partial charge in [0.2, 0.25) is 5.91 Å². The molecule has 0 spiro atoms. The molecule has 0 bridgehead atoms. The van der Waals surface area contributed by atoms with Gasteiger partial charge in [0.15, 0.2) is 0 Å². The minimum absolute atomic E-state index is 0.0499. The number of hydrogen-bond acceptors (Lipinski definition) is 5. The normalized spacial score (nSPS) is 19.3. The molecule has 2 aromatic carbocycles. The van der Waals surface area contributed by atoms with Crippen LogP contribution in [0, 0.1) is 11.3 Å². The number of thioether (sulfide) groups is 1. The van der Waals surface area contributed by atoms with Crippen molar-refractivity contribution in [3.63, 3.8) is 0 Å². The van der Waals surface area contributed by atoms with Gasteiger partial charge in [-0.15, -0.1) is 0 Å². The highest BCUT2D eigenvalue weighted by molar-refractivity contribution is 8.03. The molecule has 0 N–H and O–H groups in total. The number of nitriles is 1. The molecule has 0 saturated carbocycles. The Balaban J connectivity index is 1.66. The molecule has 5 nitrogen and oxygen atoms in total. The summed E-state index contributed by atoms with van der Waals surface area (Å²) >= 11 is 1.54. The third kappa shape index (κ3) is 3.34. The summed E-state index contributed by atoms with van der Waals surface area (Å²) < 4.78 is 5.75. The van der Waals surface area contributed by atoms with Crippen LogP contribution in [-0.4, -0.2) is 30.0 Å². The van der Waals surface area contributed by atoms with Gasteiger partial charge in [-0.1, -0.05) is 54.2 Å². The van der Waals surface area contributed by atoms with E-state index in [2.05, 4.69) is 11.0 Å². The molecular weight excluding hydrogens is 370 g/mol. The van der Waals surface area contributed by atoms with Crippen LogP contribution in [0.1, 0.15) is 24.8 Å². The van der Waals surface area contributed by atoms with E-state index in [4.69, 9.17) is 4.74 Å². The summed E-state index contributed by atoms with van der Waals surface area (Å²) in [5.41, 5.74) is 2.67. The van der Waals surface area contributed by atoms with E-state index in [0.717, 1.165) is 22.0 Å². The van der Waals surface area contributed by atoms with Gasteiger partial charge in [-0.3, -0.25) is 9.69 Å². The van der Waals surface area contributed by atoms with Crippen molar-refractivity contribution < 1.29 is 9.53 Å². The number of hydrogen-bond donors (Lipinski definition) is 0. The van der Waals surface area contributed by atoms with Crippen molar-refractivity contribution >= 4 is 23.4 Å². The number of allylic oxidation sites excluding steroid dienone is 1. The molecule has 28 heavy (non-hydrogen) atoms. The summed E-state index contributed by atoms with van der Waals surface area (Å²) in [7, 11) is 0. The maximum atomic E-state index is 13.0. The third-order valence-corrected chi connectivity index (χ3v) is 6.16. The van der Waals surface area contributed by atoms with Gasteiger partial charge in [0.05, 0.1) is 41.5 Å². The third-order valence-electron chi connectivity index (χ3n) is 5.00. The molecule has 142 valence electrons. The highest BCUT2D eigenvalue weighted by Gasteiger charge is 2.38. The number of rotatable bonds is 4. The number of nitrogens with zero attached hydrogens (tertiary/aromatic N) is 3. The van der Waals surface area contributed by atoms with Crippen LogP contribution in [0.3, 0.4) is 0 Å².